The van der Waals surface area contributed by atoms with Gasteiger partial charge in [-0.1, -0.05) is 11.6 Å². The maximum atomic E-state index is 13.5. The Morgan fingerprint density at radius 3 is 2.30 bits per heavy atom. The van der Waals surface area contributed by atoms with Gasteiger partial charge >= 0.3 is 0 Å². The maximum absolute atomic E-state index is 13.5. The van der Waals surface area contributed by atoms with Crippen LogP contribution in [0, 0.1) is 15.9 Å². The molecule has 27 heavy (non-hydrogen) atoms. The minimum Gasteiger partial charge on any atom is -0.496 e. The lowest BCUT2D eigenvalue weighted by Gasteiger charge is -2.34. The van der Waals surface area contributed by atoms with E-state index < -0.39 is 10.7 Å². The smallest absolute Gasteiger partial charge is 0.274 e. The number of nitro benzene ring substituents is 1. The fraction of sp³-hybridized carbons (Fsp3) is 0.368. The first-order chi connectivity index (χ1) is 13.0. The van der Waals surface area contributed by atoms with Crippen LogP contribution >= 0.6 is 11.6 Å². The number of nitro groups is 1. The number of hydrogen-bond donors (Lipinski definition) is 0. The summed E-state index contributed by atoms with van der Waals surface area (Å²) in [7, 11) is 1.64. The molecule has 3 rings (SSSR count). The van der Waals surface area contributed by atoms with Gasteiger partial charge in [0.05, 0.1) is 12.0 Å². The van der Waals surface area contributed by atoms with Crippen LogP contribution in [0.3, 0.4) is 0 Å². The van der Waals surface area contributed by atoms with Gasteiger partial charge in [0.15, 0.2) is 0 Å². The molecule has 0 spiro atoms. The normalized spacial score (nSPS) is 15.7. The van der Waals surface area contributed by atoms with Crippen molar-refractivity contribution in [3.8, 4) is 5.75 Å². The van der Waals surface area contributed by atoms with Gasteiger partial charge in [0.2, 0.25) is 0 Å². The van der Waals surface area contributed by atoms with Crippen LogP contribution in [0.15, 0.2) is 36.4 Å². The summed E-state index contributed by atoms with van der Waals surface area (Å²) >= 11 is 6.09. The molecule has 8 heteroatoms. The summed E-state index contributed by atoms with van der Waals surface area (Å²) in [5.74, 6) is 0.347. The predicted octanol–water partition coefficient (Wildman–Crippen LogP) is 3.71. The van der Waals surface area contributed by atoms with Crippen LogP contribution in [-0.4, -0.2) is 48.0 Å². The molecule has 1 saturated heterocycles. The molecular weight excluding hydrogens is 373 g/mol. The molecule has 144 valence electrons. The third kappa shape index (κ3) is 4.94. The second kappa shape index (κ2) is 8.65. The molecule has 1 aliphatic heterocycles. The van der Waals surface area contributed by atoms with Crippen molar-refractivity contribution < 1.29 is 14.1 Å². The van der Waals surface area contributed by atoms with Crippen LogP contribution in [-0.2, 0) is 13.1 Å². The SMILES string of the molecule is COc1ccc(Cl)cc1CN1CCN(Cc2cc(F)ccc2[N+](=O)[O-])CC1. The number of benzene rings is 2. The van der Waals surface area contributed by atoms with Gasteiger partial charge in [0.1, 0.15) is 11.6 Å². The molecule has 0 amide bonds. The van der Waals surface area contributed by atoms with Crippen molar-refractivity contribution in [3.05, 3.63) is 68.5 Å². The summed E-state index contributed by atoms with van der Waals surface area (Å²) in [5, 5.41) is 11.8. The zero-order chi connectivity index (χ0) is 19.4. The van der Waals surface area contributed by atoms with Crippen LogP contribution in [0.5, 0.6) is 5.75 Å². The highest BCUT2D eigenvalue weighted by atomic mass is 35.5. The Kier molecular flexibility index (Phi) is 6.26. The van der Waals surface area contributed by atoms with Crippen molar-refractivity contribution in [1.82, 2.24) is 9.80 Å². The molecule has 0 aliphatic carbocycles. The average molecular weight is 394 g/mol. The van der Waals surface area contributed by atoms with Crippen LogP contribution in [0.4, 0.5) is 10.1 Å². The van der Waals surface area contributed by atoms with Crippen molar-refractivity contribution in [2.24, 2.45) is 0 Å². The minimum absolute atomic E-state index is 0.0394. The third-order valence-corrected chi connectivity index (χ3v) is 4.97. The Morgan fingerprint density at radius 1 is 1.07 bits per heavy atom. The van der Waals surface area contributed by atoms with E-state index in [0.717, 1.165) is 50.1 Å². The number of nitrogens with zero attached hydrogens (tertiary/aromatic N) is 3. The van der Waals surface area contributed by atoms with Gasteiger partial charge in [-0.25, -0.2) is 4.39 Å². The minimum atomic E-state index is -0.462. The van der Waals surface area contributed by atoms with Crippen molar-refractivity contribution in [2.45, 2.75) is 13.1 Å². The van der Waals surface area contributed by atoms with E-state index in [1.165, 1.54) is 12.1 Å². The largest absolute Gasteiger partial charge is 0.496 e. The number of halogens is 2. The molecule has 1 heterocycles. The van der Waals surface area contributed by atoms with E-state index >= 15 is 0 Å². The van der Waals surface area contributed by atoms with E-state index in [-0.39, 0.29) is 5.69 Å². The van der Waals surface area contributed by atoms with Crippen LogP contribution in [0.25, 0.3) is 0 Å². The molecule has 2 aromatic carbocycles. The highest BCUT2D eigenvalue weighted by Crippen LogP contribution is 2.25. The second-order valence-corrected chi connectivity index (χ2v) is 6.98. The van der Waals surface area contributed by atoms with Gasteiger partial charge in [-0.2, -0.15) is 0 Å². The summed E-state index contributed by atoms with van der Waals surface area (Å²) in [6.07, 6.45) is 0. The van der Waals surface area contributed by atoms with Crippen molar-refractivity contribution in [2.75, 3.05) is 33.3 Å². The fourth-order valence-electron chi connectivity index (χ4n) is 3.32. The summed E-state index contributed by atoms with van der Waals surface area (Å²) in [5.41, 5.74) is 1.40. The zero-order valence-electron chi connectivity index (χ0n) is 15.0. The summed E-state index contributed by atoms with van der Waals surface area (Å²) in [6, 6.07) is 9.17. The Morgan fingerprint density at radius 2 is 1.70 bits per heavy atom. The quantitative estimate of drug-likeness (QED) is 0.553. The first-order valence-electron chi connectivity index (χ1n) is 8.66. The molecule has 1 aliphatic rings. The highest BCUT2D eigenvalue weighted by Gasteiger charge is 2.22. The summed E-state index contributed by atoms with van der Waals surface area (Å²) < 4.78 is 18.9. The van der Waals surface area contributed by atoms with Gasteiger partial charge < -0.3 is 4.74 Å². The van der Waals surface area contributed by atoms with Crippen LogP contribution in [0.1, 0.15) is 11.1 Å². The molecule has 0 radical (unpaired) electrons. The van der Waals surface area contributed by atoms with E-state index in [1.54, 1.807) is 13.2 Å². The predicted molar refractivity (Wildman–Crippen MR) is 102 cm³/mol. The lowest BCUT2D eigenvalue weighted by Crippen LogP contribution is -2.45. The van der Waals surface area contributed by atoms with E-state index in [2.05, 4.69) is 9.80 Å². The lowest BCUT2D eigenvalue weighted by molar-refractivity contribution is -0.385. The van der Waals surface area contributed by atoms with Gasteiger partial charge in [-0.15, -0.1) is 0 Å². The van der Waals surface area contributed by atoms with E-state index in [9.17, 15) is 14.5 Å². The molecule has 2 aromatic rings. The Labute approximate surface area is 162 Å². The molecule has 0 unspecified atom stereocenters. The summed E-state index contributed by atoms with van der Waals surface area (Å²) in [6.45, 7) is 4.19. The Hall–Kier alpha value is -2.22. The van der Waals surface area contributed by atoms with Crippen LogP contribution < -0.4 is 4.74 Å². The molecule has 0 aromatic heterocycles. The van der Waals surface area contributed by atoms with E-state index in [1.807, 2.05) is 12.1 Å². The summed E-state index contributed by atoms with van der Waals surface area (Å²) in [4.78, 5) is 15.1. The van der Waals surface area contributed by atoms with Crippen molar-refractivity contribution >= 4 is 17.3 Å². The number of methoxy groups -OCH3 is 1. The standard InChI is InChI=1S/C19H21ClFN3O3/c1-27-19-5-2-16(20)10-15(19)13-23-8-6-22(7-9-23)12-14-11-17(21)3-4-18(14)24(25)26/h2-5,10-11H,6-9,12-13H2,1H3. The number of ether oxygens (including phenoxy) is 1. The molecule has 6 nitrogen and oxygen atoms in total. The van der Waals surface area contributed by atoms with Gasteiger partial charge in [0.25, 0.3) is 5.69 Å². The highest BCUT2D eigenvalue weighted by molar-refractivity contribution is 6.30. The topological polar surface area (TPSA) is 58.8 Å². The average Bonchev–Trinajstić information content (AvgIpc) is 2.63. The zero-order valence-corrected chi connectivity index (χ0v) is 15.8. The number of piperazine rings is 1. The number of rotatable bonds is 6. The van der Waals surface area contributed by atoms with Gasteiger partial charge in [-0.3, -0.25) is 19.9 Å². The Bertz CT molecular complexity index is 826. The molecule has 0 bridgehead atoms. The van der Waals surface area contributed by atoms with Crippen LogP contribution in [0.2, 0.25) is 5.02 Å². The third-order valence-electron chi connectivity index (χ3n) is 4.73. The van der Waals surface area contributed by atoms with E-state index in [0.29, 0.717) is 17.1 Å². The molecule has 1 fully saturated rings. The van der Waals surface area contributed by atoms with Crippen molar-refractivity contribution in [1.29, 1.82) is 0 Å². The molecular formula is C19H21ClFN3O3. The van der Waals surface area contributed by atoms with Gasteiger partial charge in [0, 0.05) is 61.5 Å². The maximum Gasteiger partial charge on any atom is 0.274 e. The fourth-order valence-corrected chi connectivity index (χ4v) is 3.51. The molecule has 0 saturated carbocycles. The monoisotopic (exact) mass is 393 g/mol. The lowest BCUT2D eigenvalue weighted by atomic mass is 10.1. The Balaban J connectivity index is 1.61. The van der Waals surface area contributed by atoms with Gasteiger partial charge in [-0.05, 0) is 30.3 Å². The van der Waals surface area contributed by atoms with E-state index in [4.69, 9.17) is 16.3 Å². The molecule has 0 N–H and O–H groups in total. The molecule has 0 atom stereocenters. The first kappa shape index (κ1) is 19.5. The number of hydrogen-bond acceptors (Lipinski definition) is 5. The second-order valence-electron chi connectivity index (χ2n) is 6.54. The van der Waals surface area contributed by atoms with Crippen molar-refractivity contribution in [3.63, 3.8) is 0 Å². The first-order valence-corrected chi connectivity index (χ1v) is 9.04.